The molecule has 1 aliphatic heterocycles. The number of rotatable bonds is 5. The molecule has 154 valence electrons. The third-order valence-electron chi connectivity index (χ3n) is 5.95. The number of fused-ring (bicyclic) bond motifs is 1. The summed E-state index contributed by atoms with van der Waals surface area (Å²) in [5.74, 6) is 2.00. The number of nitrogens with one attached hydrogen (secondary N) is 1. The van der Waals surface area contributed by atoms with E-state index in [2.05, 4.69) is 63.2 Å². The first kappa shape index (κ1) is 22.5. The molecule has 1 saturated carbocycles. The van der Waals surface area contributed by atoms with Crippen LogP contribution in [-0.4, -0.2) is 53.0 Å². The second-order valence-electron chi connectivity index (χ2n) is 8.71. The van der Waals surface area contributed by atoms with Crippen molar-refractivity contribution >= 4 is 29.9 Å². The second kappa shape index (κ2) is 8.68. The predicted octanol–water partition coefficient (Wildman–Crippen LogP) is 3.37. The molecular weight excluding hydrogens is 453 g/mol. The molecule has 1 aliphatic carbocycles. The lowest BCUT2D eigenvalue weighted by Gasteiger charge is -2.55. The van der Waals surface area contributed by atoms with Crippen molar-refractivity contribution in [1.82, 2.24) is 20.0 Å². The zero-order valence-corrected chi connectivity index (χ0v) is 20.2. The molecule has 2 aliphatic rings. The Morgan fingerprint density at radius 3 is 2.81 bits per heavy atom. The van der Waals surface area contributed by atoms with Gasteiger partial charge in [-0.2, -0.15) is 5.10 Å². The number of guanidine groups is 1. The first-order valence-corrected chi connectivity index (χ1v) is 9.91. The monoisotopic (exact) mass is 489 g/mol. The minimum Gasteiger partial charge on any atom is -0.377 e. The summed E-state index contributed by atoms with van der Waals surface area (Å²) < 4.78 is 7.85. The van der Waals surface area contributed by atoms with Crippen LogP contribution in [0.2, 0.25) is 0 Å². The highest BCUT2D eigenvalue weighted by Crippen LogP contribution is 2.52. The van der Waals surface area contributed by atoms with Crippen molar-refractivity contribution in [3.05, 3.63) is 17.5 Å². The van der Waals surface area contributed by atoms with E-state index in [0.29, 0.717) is 24.0 Å². The Labute approximate surface area is 181 Å². The van der Waals surface area contributed by atoms with Gasteiger partial charge in [0.15, 0.2) is 5.96 Å². The summed E-state index contributed by atoms with van der Waals surface area (Å²) in [7, 11) is 4.11. The van der Waals surface area contributed by atoms with Gasteiger partial charge < -0.3 is 15.0 Å². The van der Waals surface area contributed by atoms with E-state index in [4.69, 9.17) is 9.73 Å². The normalized spacial score (nSPS) is 26.4. The highest BCUT2D eigenvalue weighted by Gasteiger charge is 2.59. The smallest absolute Gasteiger partial charge is 0.194 e. The molecule has 0 spiro atoms. The fourth-order valence-electron chi connectivity index (χ4n) is 4.68. The molecule has 1 aromatic heterocycles. The Bertz CT molecular complexity index is 669. The van der Waals surface area contributed by atoms with Crippen molar-refractivity contribution in [1.29, 1.82) is 0 Å². The number of halogens is 1. The fraction of sp³-hybridized carbons (Fsp3) is 0.800. The van der Waals surface area contributed by atoms with Crippen LogP contribution >= 0.6 is 24.0 Å². The Morgan fingerprint density at radius 1 is 1.48 bits per heavy atom. The van der Waals surface area contributed by atoms with Gasteiger partial charge in [-0.1, -0.05) is 27.7 Å². The molecule has 0 amide bonds. The highest BCUT2D eigenvalue weighted by atomic mass is 127. The van der Waals surface area contributed by atoms with Crippen LogP contribution in [0.5, 0.6) is 0 Å². The minimum atomic E-state index is 0. The van der Waals surface area contributed by atoms with Crippen LogP contribution in [0, 0.1) is 11.3 Å². The van der Waals surface area contributed by atoms with E-state index in [0.717, 1.165) is 32.1 Å². The lowest BCUT2D eigenvalue weighted by atomic mass is 9.57. The summed E-state index contributed by atoms with van der Waals surface area (Å²) in [6, 6.07) is 0.418. The quantitative estimate of drug-likeness (QED) is 0.392. The van der Waals surface area contributed by atoms with Crippen molar-refractivity contribution in [2.24, 2.45) is 23.4 Å². The summed E-state index contributed by atoms with van der Waals surface area (Å²) >= 11 is 0. The Balaban J connectivity index is 0.00000261. The summed E-state index contributed by atoms with van der Waals surface area (Å²) in [6.07, 6.45) is 3.66. The number of nitrogens with zero attached hydrogens (tertiary/aromatic N) is 4. The highest BCUT2D eigenvalue weighted by molar-refractivity contribution is 14.0. The Morgan fingerprint density at radius 2 is 2.19 bits per heavy atom. The molecule has 0 aromatic carbocycles. The van der Waals surface area contributed by atoms with Gasteiger partial charge in [0.05, 0.1) is 11.8 Å². The van der Waals surface area contributed by atoms with Gasteiger partial charge in [0, 0.05) is 62.9 Å². The topological polar surface area (TPSA) is 54.7 Å². The molecule has 3 atom stereocenters. The third kappa shape index (κ3) is 4.28. The van der Waals surface area contributed by atoms with Crippen LogP contribution in [0.15, 0.2) is 11.2 Å². The Kier molecular flexibility index (Phi) is 7.22. The molecule has 1 N–H and O–H groups in total. The summed E-state index contributed by atoms with van der Waals surface area (Å²) in [5, 5.41) is 8.40. The minimum absolute atomic E-state index is 0. The maximum Gasteiger partial charge on any atom is 0.194 e. The molecule has 3 unspecified atom stereocenters. The van der Waals surface area contributed by atoms with Crippen LogP contribution in [0.4, 0.5) is 0 Å². The van der Waals surface area contributed by atoms with Gasteiger partial charge in [-0.3, -0.25) is 9.67 Å². The lowest BCUT2D eigenvalue weighted by Crippen LogP contribution is -2.67. The van der Waals surface area contributed by atoms with Crippen molar-refractivity contribution in [2.75, 3.05) is 20.2 Å². The predicted molar refractivity (Wildman–Crippen MR) is 121 cm³/mol. The molecule has 27 heavy (non-hydrogen) atoms. The van der Waals surface area contributed by atoms with Gasteiger partial charge in [0.1, 0.15) is 0 Å². The molecule has 1 saturated heterocycles. The summed E-state index contributed by atoms with van der Waals surface area (Å²) in [5.41, 5.74) is 2.59. The first-order chi connectivity index (χ1) is 12.3. The molecule has 1 aromatic rings. The van der Waals surface area contributed by atoms with Crippen LogP contribution < -0.4 is 5.32 Å². The van der Waals surface area contributed by atoms with Crippen molar-refractivity contribution in [2.45, 2.75) is 65.6 Å². The second-order valence-corrected chi connectivity index (χ2v) is 8.71. The number of ether oxygens (including phenoxy) is 1. The van der Waals surface area contributed by atoms with Crippen LogP contribution in [-0.2, 0) is 18.3 Å². The zero-order chi connectivity index (χ0) is 19.1. The maximum atomic E-state index is 5.94. The number of aromatic nitrogens is 2. The van der Waals surface area contributed by atoms with E-state index < -0.39 is 0 Å². The van der Waals surface area contributed by atoms with Gasteiger partial charge in [-0.25, -0.2) is 0 Å². The third-order valence-corrected chi connectivity index (χ3v) is 5.95. The molecule has 2 fully saturated rings. The lowest BCUT2D eigenvalue weighted by molar-refractivity contribution is -0.107. The standard InChI is InChI=1S/C20H35N5O.HI/c1-8-21-19(22-17-15-9-10-26-18(15)20(17,4)5)24(6)11-14-12-25(7)23-16(14)13(2)3;/h12-13,15,17-18H,8-11H2,1-7H3,(H,21,22);1H. The fourth-order valence-corrected chi connectivity index (χ4v) is 4.68. The van der Waals surface area contributed by atoms with Crippen molar-refractivity contribution in [3.8, 4) is 0 Å². The van der Waals surface area contributed by atoms with Crippen LogP contribution in [0.3, 0.4) is 0 Å². The first-order valence-electron chi connectivity index (χ1n) is 9.91. The van der Waals surface area contributed by atoms with Crippen LogP contribution in [0.25, 0.3) is 0 Å². The maximum absolute atomic E-state index is 5.94. The molecule has 7 heteroatoms. The van der Waals surface area contributed by atoms with Crippen molar-refractivity contribution < 1.29 is 4.74 Å². The molecule has 0 bridgehead atoms. The summed E-state index contributed by atoms with van der Waals surface area (Å²) in [6.45, 7) is 13.6. The number of aliphatic imine (C=N–C) groups is 1. The van der Waals surface area contributed by atoms with Gasteiger partial charge >= 0.3 is 0 Å². The van der Waals surface area contributed by atoms with E-state index >= 15 is 0 Å². The van der Waals surface area contributed by atoms with Gasteiger partial charge in [-0.15, -0.1) is 24.0 Å². The molecule has 3 rings (SSSR count). The molecular formula is C20H36IN5O. The summed E-state index contributed by atoms with van der Waals surface area (Å²) in [4.78, 5) is 6.99. The van der Waals surface area contributed by atoms with Crippen LogP contribution in [0.1, 0.15) is 58.2 Å². The van der Waals surface area contributed by atoms with Crippen molar-refractivity contribution in [3.63, 3.8) is 0 Å². The number of hydrogen-bond acceptors (Lipinski definition) is 3. The number of hydrogen-bond donors (Lipinski definition) is 1. The van der Waals surface area contributed by atoms with E-state index in [9.17, 15) is 0 Å². The molecule has 2 heterocycles. The SMILES string of the molecule is CCN=C(NC1C2CCOC2C1(C)C)N(C)Cc1cn(C)nc1C(C)C.I. The van der Waals surface area contributed by atoms with Gasteiger partial charge in [0.2, 0.25) is 0 Å². The van der Waals surface area contributed by atoms with E-state index in [1.54, 1.807) is 0 Å². The number of aryl methyl sites for hydroxylation is 1. The largest absolute Gasteiger partial charge is 0.377 e. The van der Waals surface area contributed by atoms with Gasteiger partial charge in [0.25, 0.3) is 0 Å². The molecule has 6 nitrogen and oxygen atoms in total. The van der Waals surface area contributed by atoms with E-state index in [-0.39, 0.29) is 29.4 Å². The average Bonchev–Trinajstić information content (AvgIpc) is 3.16. The average molecular weight is 489 g/mol. The molecule has 0 radical (unpaired) electrons. The Hall–Kier alpha value is -0.830. The van der Waals surface area contributed by atoms with E-state index in [1.807, 2.05) is 11.7 Å². The van der Waals surface area contributed by atoms with E-state index in [1.165, 1.54) is 11.3 Å². The van der Waals surface area contributed by atoms with Gasteiger partial charge in [-0.05, 0) is 19.3 Å². The zero-order valence-electron chi connectivity index (χ0n) is 17.8.